The Kier molecular flexibility index (Phi) is 9.38. The number of pyridine rings is 1. The lowest BCUT2D eigenvalue weighted by atomic mass is 9.91. The van der Waals surface area contributed by atoms with Gasteiger partial charge in [0.2, 0.25) is 16.0 Å². The van der Waals surface area contributed by atoms with Crippen molar-refractivity contribution in [3.8, 4) is 11.3 Å². The third-order valence-electron chi connectivity index (χ3n) is 7.41. The van der Waals surface area contributed by atoms with Gasteiger partial charge in [0.15, 0.2) is 11.6 Å². The zero-order valence-electron chi connectivity index (χ0n) is 25.8. The van der Waals surface area contributed by atoms with Crippen LogP contribution in [0.25, 0.3) is 22.3 Å². The first-order valence-corrected chi connectivity index (χ1v) is 16.4. The SMILES string of the molecule is Cc1cc(-c2ccc(NS(=O)(=O)Cc3ccc(F)cc3)c(F)c2F)nc2cnc(NC3CCC(NC(=O)OC(C)(C)C)CC3)nc12. The molecule has 2 heterocycles. The quantitative estimate of drug-likeness (QED) is 0.193. The highest BCUT2D eigenvalue weighted by atomic mass is 32.2. The van der Waals surface area contributed by atoms with Gasteiger partial charge in [0.05, 0.1) is 28.8 Å². The van der Waals surface area contributed by atoms with Gasteiger partial charge in [-0.05, 0) is 94.8 Å². The lowest BCUT2D eigenvalue weighted by molar-refractivity contribution is 0.0492. The summed E-state index contributed by atoms with van der Waals surface area (Å²) in [5, 5.41) is 6.26. The molecule has 4 aromatic rings. The number of hydrogen-bond acceptors (Lipinski definition) is 8. The largest absolute Gasteiger partial charge is 0.444 e. The van der Waals surface area contributed by atoms with Crippen LogP contribution >= 0.6 is 0 Å². The molecular formula is C32H35F3N6O4S. The van der Waals surface area contributed by atoms with Crippen LogP contribution in [0.5, 0.6) is 0 Å². The number of nitrogens with one attached hydrogen (secondary N) is 3. The monoisotopic (exact) mass is 656 g/mol. The summed E-state index contributed by atoms with van der Waals surface area (Å²) in [5.41, 5.74) is 0.680. The Bertz CT molecular complexity index is 1860. The molecule has 5 rings (SSSR count). The first-order chi connectivity index (χ1) is 21.7. The Balaban J connectivity index is 1.26. The Morgan fingerprint density at radius 3 is 2.30 bits per heavy atom. The molecule has 46 heavy (non-hydrogen) atoms. The molecule has 0 spiro atoms. The second-order valence-corrected chi connectivity index (χ2v) is 14.1. The normalized spacial score (nSPS) is 17.0. The Hall–Kier alpha value is -4.46. The lowest BCUT2D eigenvalue weighted by Gasteiger charge is -2.30. The van der Waals surface area contributed by atoms with Gasteiger partial charge in [-0.2, -0.15) is 0 Å². The van der Waals surface area contributed by atoms with E-state index in [-0.39, 0.29) is 28.9 Å². The fourth-order valence-corrected chi connectivity index (χ4v) is 6.46. The third kappa shape index (κ3) is 8.22. The Labute approximate surface area is 265 Å². The number of fused-ring (bicyclic) bond motifs is 1. The highest BCUT2D eigenvalue weighted by Crippen LogP contribution is 2.31. The van der Waals surface area contributed by atoms with Gasteiger partial charge in [0.1, 0.15) is 16.9 Å². The second kappa shape index (κ2) is 13.1. The molecule has 0 bridgehead atoms. The molecule has 1 amide bonds. The topological polar surface area (TPSA) is 135 Å². The molecule has 244 valence electrons. The van der Waals surface area contributed by atoms with Crippen LogP contribution in [-0.2, 0) is 20.5 Å². The minimum atomic E-state index is -4.12. The third-order valence-corrected chi connectivity index (χ3v) is 8.66. The van der Waals surface area contributed by atoms with Crippen LogP contribution in [0.4, 0.5) is 29.6 Å². The van der Waals surface area contributed by atoms with E-state index in [2.05, 4.69) is 30.3 Å². The van der Waals surface area contributed by atoms with E-state index in [4.69, 9.17) is 4.74 Å². The number of sulfonamides is 1. The molecule has 0 radical (unpaired) electrons. The van der Waals surface area contributed by atoms with Crippen LogP contribution in [0.3, 0.4) is 0 Å². The zero-order chi connectivity index (χ0) is 33.2. The lowest BCUT2D eigenvalue weighted by Crippen LogP contribution is -2.42. The molecule has 0 saturated heterocycles. The van der Waals surface area contributed by atoms with Crippen LogP contribution in [0.1, 0.15) is 57.6 Å². The molecule has 1 aliphatic carbocycles. The number of amides is 1. The number of anilines is 2. The van der Waals surface area contributed by atoms with Gasteiger partial charge >= 0.3 is 6.09 Å². The van der Waals surface area contributed by atoms with Crippen molar-refractivity contribution >= 4 is 38.8 Å². The van der Waals surface area contributed by atoms with Gasteiger partial charge in [-0.25, -0.2) is 41.3 Å². The van der Waals surface area contributed by atoms with Crippen molar-refractivity contribution in [2.75, 3.05) is 10.0 Å². The van der Waals surface area contributed by atoms with Gasteiger partial charge in [0.25, 0.3) is 0 Å². The van der Waals surface area contributed by atoms with E-state index in [0.717, 1.165) is 43.9 Å². The number of hydrogen-bond donors (Lipinski definition) is 3. The van der Waals surface area contributed by atoms with E-state index in [1.54, 1.807) is 13.0 Å². The fourth-order valence-electron chi connectivity index (χ4n) is 5.26. The summed E-state index contributed by atoms with van der Waals surface area (Å²) in [4.78, 5) is 25.5. The number of ether oxygens (including phenoxy) is 1. The highest BCUT2D eigenvalue weighted by Gasteiger charge is 2.26. The number of halogens is 3. The van der Waals surface area contributed by atoms with E-state index in [9.17, 15) is 17.6 Å². The maximum absolute atomic E-state index is 15.3. The molecular weight excluding hydrogens is 621 g/mol. The standard InChI is InChI=1S/C32H35F3N6O4S/c1-18-15-25(23-13-14-24(28(35)27(23)34)41-46(43,44)17-19-5-7-20(33)8-6-19)39-26-16-36-30(40-29(18)26)37-21-9-11-22(12-10-21)38-31(42)45-32(2,3)4/h5-8,13-16,21-22,41H,9-12,17H2,1-4H3,(H,38,42)(H,36,37,40). The summed E-state index contributed by atoms with van der Waals surface area (Å²) in [7, 11) is -4.12. The average molecular weight is 657 g/mol. The summed E-state index contributed by atoms with van der Waals surface area (Å²) in [6.45, 7) is 7.23. The number of alkyl carbamates (subject to hydrolysis) is 1. The van der Waals surface area contributed by atoms with E-state index in [1.807, 2.05) is 20.8 Å². The van der Waals surface area contributed by atoms with Crippen LogP contribution < -0.4 is 15.4 Å². The van der Waals surface area contributed by atoms with E-state index < -0.39 is 50.6 Å². The van der Waals surface area contributed by atoms with Crippen molar-refractivity contribution in [3.05, 3.63) is 77.2 Å². The molecule has 14 heteroatoms. The van der Waals surface area contributed by atoms with Crippen molar-refractivity contribution in [1.82, 2.24) is 20.3 Å². The predicted molar refractivity (Wildman–Crippen MR) is 169 cm³/mol. The Morgan fingerprint density at radius 1 is 0.957 bits per heavy atom. The minimum Gasteiger partial charge on any atom is -0.444 e. The first-order valence-electron chi connectivity index (χ1n) is 14.8. The maximum Gasteiger partial charge on any atom is 0.407 e. The number of nitrogens with zero attached hydrogens (tertiary/aromatic N) is 3. The van der Waals surface area contributed by atoms with Gasteiger partial charge in [0, 0.05) is 17.6 Å². The second-order valence-electron chi connectivity index (χ2n) is 12.4. The van der Waals surface area contributed by atoms with Gasteiger partial charge in [-0.1, -0.05) is 12.1 Å². The predicted octanol–water partition coefficient (Wildman–Crippen LogP) is 6.61. The molecule has 1 aliphatic rings. The van der Waals surface area contributed by atoms with Crippen LogP contribution in [0.2, 0.25) is 0 Å². The van der Waals surface area contributed by atoms with Crippen molar-refractivity contribution in [2.45, 2.75) is 76.8 Å². The molecule has 2 aromatic heterocycles. The molecule has 0 unspecified atom stereocenters. The molecule has 3 N–H and O–H groups in total. The van der Waals surface area contributed by atoms with Gasteiger partial charge < -0.3 is 15.4 Å². The summed E-state index contributed by atoms with van der Waals surface area (Å²) in [6.07, 6.45) is 4.20. The van der Waals surface area contributed by atoms with E-state index in [0.29, 0.717) is 22.5 Å². The van der Waals surface area contributed by atoms with Crippen LogP contribution in [0, 0.1) is 24.4 Å². The van der Waals surface area contributed by atoms with E-state index in [1.165, 1.54) is 24.4 Å². The van der Waals surface area contributed by atoms with Gasteiger partial charge in [-0.15, -0.1) is 0 Å². The Morgan fingerprint density at radius 2 is 1.63 bits per heavy atom. The van der Waals surface area contributed by atoms with E-state index >= 15 is 8.78 Å². The summed E-state index contributed by atoms with van der Waals surface area (Å²) >= 11 is 0. The molecule has 1 fully saturated rings. The van der Waals surface area contributed by atoms with Crippen LogP contribution in [-0.4, -0.2) is 47.1 Å². The molecule has 1 saturated carbocycles. The number of aromatic nitrogens is 3. The highest BCUT2D eigenvalue weighted by molar-refractivity contribution is 7.91. The van der Waals surface area contributed by atoms with Crippen molar-refractivity contribution < 1.29 is 31.1 Å². The molecule has 0 atom stereocenters. The minimum absolute atomic E-state index is 0.0243. The van der Waals surface area contributed by atoms with Crippen molar-refractivity contribution in [1.29, 1.82) is 0 Å². The summed E-state index contributed by atoms with van der Waals surface area (Å²) in [6, 6.07) is 8.88. The van der Waals surface area contributed by atoms with Gasteiger partial charge in [-0.3, -0.25) is 4.72 Å². The number of rotatable bonds is 8. The maximum atomic E-state index is 15.3. The van der Waals surface area contributed by atoms with Crippen molar-refractivity contribution in [2.24, 2.45) is 0 Å². The molecule has 10 nitrogen and oxygen atoms in total. The fraction of sp³-hybridized carbons (Fsp3) is 0.375. The number of aryl methyl sites for hydroxylation is 1. The number of benzene rings is 2. The molecule has 2 aromatic carbocycles. The number of carbonyl (C=O) groups excluding carboxylic acids is 1. The zero-order valence-corrected chi connectivity index (χ0v) is 26.6. The number of carbonyl (C=O) groups is 1. The van der Waals surface area contributed by atoms with Crippen molar-refractivity contribution in [3.63, 3.8) is 0 Å². The average Bonchev–Trinajstić information content (AvgIpc) is 2.97. The smallest absolute Gasteiger partial charge is 0.407 e. The first kappa shape index (κ1) is 32.9. The molecule has 0 aliphatic heterocycles. The summed E-state index contributed by atoms with van der Waals surface area (Å²) < 4.78 is 76.0. The summed E-state index contributed by atoms with van der Waals surface area (Å²) in [5.74, 6) is -3.33. The van der Waals surface area contributed by atoms with Crippen LogP contribution in [0.15, 0.2) is 48.7 Å².